The Hall–Kier alpha value is -7.75. The lowest BCUT2D eigenvalue weighted by atomic mass is 10.0. The van der Waals surface area contributed by atoms with Crippen molar-refractivity contribution in [1.29, 1.82) is 0 Å². The highest BCUT2D eigenvalue weighted by Crippen LogP contribution is 2.27. The summed E-state index contributed by atoms with van der Waals surface area (Å²) in [5.74, 6) is -0.963. The fourth-order valence-corrected chi connectivity index (χ4v) is 12.9. The van der Waals surface area contributed by atoms with Gasteiger partial charge >= 0.3 is 5.97 Å². The average molecular weight is 1230 g/mol. The minimum absolute atomic E-state index is 0.0308. The van der Waals surface area contributed by atoms with Crippen LogP contribution in [0.1, 0.15) is 118 Å². The van der Waals surface area contributed by atoms with E-state index in [0.717, 1.165) is 86.7 Å². The number of fused-ring (bicyclic) bond motifs is 5. The lowest BCUT2D eigenvalue weighted by Gasteiger charge is -2.04. The molecule has 12 rings (SSSR count). The monoisotopic (exact) mass is 1230 g/mol. The van der Waals surface area contributed by atoms with Gasteiger partial charge in [-0.3, -0.25) is 9.59 Å². The number of aldehydes is 2. The maximum Gasteiger partial charge on any atom is 0.356 e. The number of carboxylic acids is 1. The number of nitrogens with zero attached hydrogens (tertiary/aromatic N) is 7. The number of oxime groups is 1. The SMILES string of the molecule is C/C(=N\O)c1ccc(C)cc1C.CC(=NS)c1ccc(C)cc1C.Cc1ccc2c(C(=O)O)nsc2c1.Cc1ccc2c(C)nsc2c1.Cc1ccc2c(C=O)nsc2c1.Cc1ccc2c(C=O)nsc2c1.Cc1ccc2c(CO)nsc2c1. The molecule has 3 N–H and O–H groups in total. The van der Waals surface area contributed by atoms with E-state index >= 15 is 0 Å². The maximum absolute atomic E-state index is 10.7. The first kappa shape index (κ1) is 65.4. The molecule has 0 spiro atoms. The van der Waals surface area contributed by atoms with Crippen LogP contribution in [0.2, 0.25) is 0 Å². The molecule has 5 aromatic heterocycles. The summed E-state index contributed by atoms with van der Waals surface area (Å²) in [6.45, 7) is 24.2. The second-order valence-electron chi connectivity index (χ2n) is 19.8. The number of carboxylic acid groups (broad SMARTS) is 1. The fraction of sp³-hybridized carbons (Fsp3) is 0.200. The number of aliphatic hydroxyl groups excluding tert-OH is 1. The number of aryl methyl sites for hydroxylation is 10. The van der Waals surface area contributed by atoms with Crippen molar-refractivity contribution in [2.45, 2.75) is 89.7 Å². The Morgan fingerprint density at radius 1 is 0.464 bits per heavy atom. The molecular formula is C65H65N7O6S6. The number of hydrogen-bond donors (Lipinski definition) is 4. The van der Waals surface area contributed by atoms with Gasteiger partial charge in [0.1, 0.15) is 11.4 Å². The van der Waals surface area contributed by atoms with Gasteiger partial charge in [0.2, 0.25) is 0 Å². The van der Waals surface area contributed by atoms with Gasteiger partial charge in [0, 0.05) is 32.5 Å². The van der Waals surface area contributed by atoms with Gasteiger partial charge in [0.25, 0.3) is 0 Å². The van der Waals surface area contributed by atoms with E-state index in [-0.39, 0.29) is 12.3 Å². The highest BCUT2D eigenvalue weighted by Gasteiger charge is 2.13. The van der Waals surface area contributed by atoms with Crippen LogP contribution in [0.15, 0.2) is 137 Å². The molecule has 19 heteroatoms. The van der Waals surface area contributed by atoms with Crippen LogP contribution in [0.3, 0.4) is 0 Å². The topological polar surface area (TPSA) is 201 Å². The first-order chi connectivity index (χ1) is 40.2. The largest absolute Gasteiger partial charge is 0.476 e. The molecule has 13 nitrogen and oxygen atoms in total. The van der Waals surface area contributed by atoms with Gasteiger partial charge in [0.05, 0.1) is 52.9 Å². The Bertz CT molecular complexity index is 4160. The molecule has 0 aliphatic carbocycles. The summed E-state index contributed by atoms with van der Waals surface area (Å²) in [4.78, 5) is 31.7. The van der Waals surface area contributed by atoms with E-state index in [1.54, 1.807) is 24.5 Å². The van der Waals surface area contributed by atoms with Crippen LogP contribution >= 0.6 is 70.5 Å². The summed E-state index contributed by atoms with van der Waals surface area (Å²) in [5, 5.41) is 34.5. The van der Waals surface area contributed by atoms with Crippen molar-refractivity contribution >= 4 is 151 Å². The average Bonchev–Trinajstić information content (AvgIpc) is 4.48. The zero-order chi connectivity index (χ0) is 61.2. The van der Waals surface area contributed by atoms with E-state index in [9.17, 15) is 14.4 Å². The van der Waals surface area contributed by atoms with Crippen molar-refractivity contribution in [3.8, 4) is 0 Å². The molecule has 0 saturated carbocycles. The Balaban J connectivity index is 0.000000157. The van der Waals surface area contributed by atoms with Crippen LogP contribution in [0, 0.1) is 69.2 Å². The van der Waals surface area contributed by atoms with Crippen LogP contribution < -0.4 is 0 Å². The number of thiol groups is 1. The maximum atomic E-state index is 10.7. The van der Waals surface area contributed by atoms with Gasteiger partial charge in [-0.15, -0.1) is 0 Å². The zero-order valence-corrected chi connectivity index (χ0v) is 53.6. The van der Waals surface area contributed by atoms with Gasteiger partial charge in [-0.05, 0) is 228 Å². The lowest BCUT2D eigenvalue weighted by molar-refractivity contribution is 0.0693. The van der Waals surface area contributed by atoms with Crippen LogP contribution in [-0.2, 0) is 6.61 Å². The Morgan fingerprint density at radius 2 is 0.810 bits per heavy atom. The van der Waals surface area contributed by atoms with Crippen molar-refractivity contribution in [2.75, 3.05) is 0 Å². The van der Waals surface area contributed by atoms with E-state index < -0.39 is 5.97 Å². The number of carbonyl (C=O) groups is 3. The Labute approximate surface area is 515 Å². The molecule has 0 bridgehead atoms. The van der Waals surface area contributed by atoms with Crippen LogP contribution in [-0.4, -0.2) is 67.3 Å². The summed E-state index contributed by atoms with van der Waals surface area (Å²) in [5.41, 5.74) is 17.9. The fourth-order valence-electron chi connectivity index (χ4n) is 8.43. The highest BCUT2D eigenvalue weighted by molar-refractivity contribution is 7.79. The molecule has 0 aliphatic rings. The summed E-state index contributed by atoms with van der Waals surface area (Å²) in [6.07, 6.45) is 1.60. The molecule has 7 aromatic carbocycles. The van der Waals surface area contributed by atoms with Crippen molar-refractivity contribution in [3.63, 3.8) is 0 Å². The van der Waals surface area contributed by atoms with Crippen molar-refractivity contribution in [1.82, 2.24) is 21.9 Å². The third kappa shape index (κ3) is 17.6. The van der Waals surface area contributed by atoms with Gasteiger partial charge in [-0.1, -0.05) is 113 Å². The molecule has 5 heterocycles. The van der Waals surface area contributed by atoms with Crippen LogP contribution in [0.4, 0.5) is 0 Å². The van der Waals surface area contributed by atoms with Crippen molar-refractivity contribution in [2.24, 2.45) is 9.55 Å². The first-order valence-electron chi connectivity index (χ1n) is 26.2. The molecule has 12 aromatic rings. The van der Waals surface area contributed by atoms with E-state index in [0.29, 0.717) is 17.1 Å². The molecule has 432 valence electrons. The molecule has 0 saturated heterocycles. The molecule has 0 fully saturated rings. The number of carbonyl (C=O) groups excluding carboxylic acids is 2. The number of aliphatic hydroxyl groups is 1. The van der Waals surface area contributed by atoms with Gasteiger partial charge in [-0.25, -0.2) is 9.19 Å². The van der Waals surface area contributed by atoms with Crippen molar-refractivity contribution in [3.05, 3.63) is 217 Å². The third-order valence-electron chi connectivity index (χ3n) is 12.9. The van der Waals surface area contributed by atoms with Gasteiger partial charge in [0.15, 0.2) is 18.3 Å². The quantitative estimate of drug-likeness (QED) is 0.0406. The van der Waals surface area contributed by atoms with E-state index in [2.05, 4.69) is 120 Å². The molecule has 0 aliphatic heterocycles. The molecule has 0 atom stereocenters. The van der Waals surface area contributed by atoms with Gasteiger partial charge in [-0.2, -0.15) is 21.9 Å². The summed E-state index contributed by atoms with van der Waals surface area (Å²) in [7, 11) is 0. The van der Waals surface area contributed by atoms with Crippen molar-refractivity contribution < 1.29 is 29.8 Å². The summed E-state index contributed by atoms with van der Waals surface area (Å²) < 4.78 is 29.8. The predicted octanol–water partition coefficient (Wildman–Crippen LogP) is 17.6. The predicted molar refractivity (Wildman–Crippen MR) is 357 cm³/mol. The second-order valence-corrected chi connectivity index (χ2v) is 24.0. The molecular weight excluding hydrogens is 1170 g/mol. The second kappa shape index (κ2) is 31.2. The normalized spacial score (nSPS) is 10.9. The van der Waals surface area contributed by atoms with Crippen LogP contribution in [0.25, 0.3) is 50.4 Å². The third-order valence-corrected chi connectivity index (χ3v) is 17.4. The van der Waals surface area contributed by atoms with Crippen LogP contribution in [0.5, 0.6) is 0 Å². The number of rotatable bonds is 6. The minimum atomic E-state index is -0.963. The summed E-state index contributed by atoms with van der Waals surface area (Å²) in [6, 6.07) is 42.6. The lowest BCUT2D eigenvalue weighted by Crippen LogP contribution is -1.97. The molecule has 0 amide bonds. The number of aromatic nitrogens is 5. The van der Waals surface area contributed by atoms with E-state index in [1.165, 1.54) is 101 Å². The molecule has 84 heavy (non-hydrogen) atoms. The summed E-state index contributed by atoms with van der Waals surface area (Å²) >= 11 is 10.9. The minimum Gasteiger partial charge on any atom is -0.476 e. The molecule has 0 unspecified atom stereocenters. The Morgan fingerprint density at radius 3 is 1.23 bits per heavy atom. The standard InChI is InChI=1S/C10H13NO.C10H13NS.C9H7NO2S.C9H9NOS.2C9H7NOS.C9H9NS/c2*1-7-4-5-10(8(2)6-7)9(3)11-12;1-5-2-3-6-7(4-5)13-10-8(6)9(11)12;3*1-6-2-3-7-8(5-11)10-12-9(7)4-6;1-6-3-4-8-7(2)10-11-9(8)5-6/h2*4-6,12H,1-3H3;2-4H,1H3,(H,11,12);2-4,11H,5H2,1H3;2*2-5H,1H3;3-5H,1-2H3/b11-9+;;;;;;. The molecule has 0 radical (unpaired) electrons. The van der Waals surface area contributed by atoms with E-state index in [4.69, 9.17) is 15.4 Å². The zero-order valence-electron chi connectivity index (χ0n) is 48.7. The van der Waals surface area contributed by atoms with Gasteiger partial charge < -0.3 is 15.4 Å². The highest BCUT2D eigenvalue weighted by atomic mass is 32.1. The Kier molecular flexibility index (Phi) is 24.3. The number of benzene rings is 7. The first-order valence-corrected chi connectivity index (χ1v) is 30.5. The van der Waals surface area contributed by atoms with E-state index in [1.807, 2.05) is 121 Å². The number of aromatic carboxylic acids is 1. The smallest absolute Gasteiger partial charge is 0.356 e. The number of hydrogen-bond acceptors (Lipinski definition) is 18.